The lowest BCUT2D eigenvalue weighted by molar-refractivity contribution is -0.138. The number of sulfonamides is 1. The molecule has 1 aromatic carbocycles. The molecule has 1 saturated heterocycles. The molecule has 0 unspecified atom stereocenters. The fraction of sp³-hybridized carbons (Fsp3) is 0.500. The number of rotatable bonds is 6. The lowest BCUT2D eigenvalue weighted by Gasteiger charge is -2.15. The van der Waals surface area contributed by atoms with Crippen molar-refractivity contribution in [2.24, 2.45) is 0 Å². The van der Waals surface area contributed by atoms with Gasteiger partial charge in [-0.2, -0.15) is 17.5 Å². The zero-order chi connectivity index (χ0) is 20.5. The van der Waals surface area contributed by atoms with Gasteiger partial charge in [-0.1, -0.05) is 0 Å². The number of nitrogens with one attached hydrogen (secondary N) is 1. The molecule has 1 amide bonds. The van der Waals surface area contributed by atoms with Crippen LogP contribution in [0.1, 0.15) is 19.3 Å². The number of aromatic nitrogens is 1. The maximum atomic E-state index is 12.6. The van der Waals surface area contributed by atoms with Gasteiger partial charge in [0, 0.05) is 32.1 Å². The predicted molar refractivity (Wildman–Crippen MR) is 92.1 cm³/mol. The van der Waals surface area contributed by atoms with Gasteiger partial charge in [0.1, 0.15) is 6.54 Å². The van der Waals surface area contributed by atoms with E-state index < -0.39 is 34.4 Å². The third-order valence-electron chi connectivity index (χ3n) is 4.39. The Morgan fingerprint density at radius 2 is 1.89 bits per heavy atom. The number of benzene rings is 1. The van der Waals surface area contributed by atoms with E-state index >= 15 is 0 Å². The van der Waals surface area contributed by atoms with Crippen LogP contribution in [0.25, 0.3) is 11.1 Å². The fourth-order valence-electron chi connectivity index (χ4n) is 3.00. The molecule has 2 heterocycles. The number of hydrogen-bond donors (Lipinski definition) is 1. The van der Waals surface area contributed by atoms with Crippen LogP contribution >= 0.6 is 0 Å². The molecule has 12 heteroatoms. The van der Waals surface area contributed by atoms with E-state index in [0.717, 1.165) is 17.4 Å². The maximum Gasteiger partial charge on any atom is 0.419 e. The number of nitrogens with zero attached hydrogens (tertiary/aromatic N) is 2. The summed E-state index contributed by atoms with van der Waals surface area (Å²) in [6, 6.07) is 3.96. The first-order valence-corrected chi connectivity index (χ1v) is 9.99. The molecule has 0 radical (unpaired) electrons. The summed E-state index contributed by atoms with van der Waals surface area (Å²) < 4.78 is 69.0. The van der Waals surface area contributed by atoms with Gasteiger partial charge < -0.3 is 9.73 Å². The highest BCUT2D eigenvalue weighted by atomic mass is 32.2. The predicted octanol–water partition coefficient (Wildman–Crippen LogP) is 1.45. The van der Waals surface area contributed by atoms with Crippen molar-refractivity contribution in [1.29, 1.82) is 0 Å². The molecule has 154 valence electrons. The van der Waals surface area contributed by atoms with Gasteiger partial charge in [0.2, 0.25) is 15.9 Å². The number of fused-ring (bicyclic) bond motifs is 1. The van der Waals surface area contributed by atoms with Gasteiger partial charge in [-0.15, -0.1) is 0 Å². The largest absolute Gasteiger partial charge is 0.419 e. The molecular weight excluding hydrogens is 403 g/mol. The molecule has 1 aliphatic heterocycles. The Morgan fingerprint density at radius 1 is 1.21 bits per heavy atom. The first kappa shape index (κ1) is 20.4. The zero-order valence-electron chi connectivity index (χ0n) is 14.7. The highest BCUT2D eigenvalue weighted by Crippen LogP contribution is 2.24. The van der Waals surface area contributed by atoms with Crippen molar-refractivity contribution in [2.75, 3.05) is 19.6 Å². The molecule has 8 nitrogen and oxygen atoms in total. The highest BCUT2D eigenvalue weighted by Gasteiger charge is 2.29. The van der Waals surface area contributed by atoms with Gasteiger partial charge in [0.25, 0.3) is 0 Å². The molecule has 1 aromatic heterocycles. The van der Waals surface area contributed by atoms with Gasteiger partial charge in [-0.25, -0.2) is 13.2 Å². The number of aryl methyl sites for hydroxylation is 1. The Balaban J connectivity index is 1.77. The van der Waals surface area contributed by atoms with Crippen LogP contribution < -0.4 is 11.1 Å². The number of hydrogen-bond acceptors (Lipinski definition) is 5. The van der Waals surface area contributed by atoms with E-state index in [0.29, 0.717) is 13.1 Å². The Hall–Kier alpha value is -2.34. The maximum absolute atomic E-state index is 12.6. The minimum absolute atomic E-state index is 0.00859. The van der Waals surface area contributed by atoms with Crippen molar-refractivity contribution in [2.45, 2.75) is 36.9 Å². The van der Waals surface area contributed by atoms with Crippen molar-refractivity contribution >= 4 is 27.0 Å². The summed E-state index contributed by atoms with van der Waals surface area (Å²) in [7, 11) is -3.69. The summed E-state index contributed by atoms with van der Waals surface area (Å²) in [6.45, 7) is -0.797. The van der Waals surface area contributed by atoms with Gasteiger partial charge >= 0.3 is 11.9 Å². The Kier molecular flexibility index (Phi) is 5.53. The second-order valence-electron chi connectivity index (χ2n) is 6.40. The van der Waals surface area contributed by atoms with Crippen molar-refractivity contribution in [3.8, 4) is 0 Å². The van der Waals surface area contributed by atoms with E-state index in [1.165, 1.54) is 22.5 Å². The van der Waals surface area contributed by atoms with Gasteiger partial charge in [0.15, 0.2) is 5.58 Å². The van der Waals surface area contributed by atoms with Crippen LogP contribution in [0.3, 0.4) is 0 Å². The average molecular weight is 421 g/mol. The second-order valence-corrected chi connectivity index (χ2v) is 8.34. The molecule has 0 aliphatic carbocycles. The van der Waals surface area contributed by atoms with Crippen LogP contribution in [0.4, 0.5) is 13.2 Å². The Labute approximate surface area is 158 Å². The molecule has 28 heavy (non-hydrogen) atoms. The molecule has 0 atom stereocenters. The van der Waals surface area contributed by atoms with Crippen molar-refractivity contribution in [3.63, 3.8) is 0 Å². The molecule has 1 N–H and O–H groups in total. The first-order valence-electron chi connectivity index (χ1n) is 8.55. The number of amides is 1. The molecule has 1 aliphatic rings. The third kappa shape index (κ3) is 4.38. The summed E-state index contributed by atoms with van der Waals surface area (Å²) in [5, 5.41) is 1.72. The van der Waals surface area contributed by atoms with Crippen molar-refractivity contribution in [3.05, 3.63) is 28.7 Å². The van der Waals surface area contributed by atoms with E-state index in [9.17, 15) is 31.2 Å². The first-order chi connectivity index (χ1) is 13.1. The summed E-state index contributed by atoms with van der Waals surface area (Å²) in [5.74, 6) is -1.69. The SMILES string of the molecule is O=C(CCn1c(=O)oc2cc(S(=O)(=O)N3CCCC3)ccc21)NCC(F)(F)F. The summed E-state index contributed by atoms with van der Waals surface area (Å²) in [6.07, 6.45) is -3.32. The van der Waals surface area contributed by atoms with Crippen LogP contribution in [-0.2, 0) is 21.4 Å². The minimum atomic E-state index is -4.52. The lowest BCUT2D eigenvalue weighted by atomic mass is 10.3. The molecule has 3 rings (SSSR count). The molecule has 2 aromatic rings. The molecule has 1 fully saturated rings. The quantitative estimate of drug-likeness (QED) is 0.761. The van der Waals surface area contributed by atoms with Crippen LogP contribution in [0.5, 0.6) is 0 Å². The van der Waals surface area contributed by atoms with Gasteiger partial charge in [0.05, 0.1) is 10.4 Å². The Bertz CT molecular complexity index is 1040. The van der Waals surface area contributed by atoms with Crippen LogP contribution in [0, 0.1) is 0 Å². The van der Waals surface area contributed by atoms with Crippen molar-refractivity contribution < 1.29 is 30.8 Å². The highest BCUT2D eigenvalue weighted by molar-refractivity contribution is 7.89. The van der Waals surface area contributed by atoms with E-state index in [-0.39, 0.29) is 29.0 Å². The van der Waals surface area contributed by atoms with E-state index in [2.05, 4.69) is 0 Å². The van der Waals surface area contributed by atoms with E-state index in [1.54, 1.807) is 5.32 Å². The smallest absolute Gasteiger partial charge is 0.408 e. The monoisotopic (exact) mass is 421 g/mol. The van der Waals surface area contributed by atoms with Crippen molar-refractivity contribution in [1.82, 2.24) is 14.2 Å². The number of carbonyl (C=O) groups is 1. The summed E-state index contributed by atoms with van der Waals surface area (Å²) in [5.41, 5.74) is 0.287. The van der Waals surface area contributed by atoms with Crippen LogP contribution in [0.15, 0.2) is 32.3 Å². The number of oxazole rings is 1. The number of alkyl halides is 3. The standard InChI is InChI=1S/C16H18F3N3O5S/c17-16(18,19)10-20-14(23)5-8-22-12-4-3-11(9-13(12)27-15(22)24)28(25,26)21-6-1-2-7-21/h3-4,9H,1-2,5-8,10H2,(H,20,23). The summed E-state index contributed by atoms with van der Waals surface area (Å²) in [4.78, 5) is 23.5. The average Bonchev–Trinajstić information content (AvgIpc) is 3.25. The third-order valence-corrected chi connectivity index (χ3v) is 6.29. The topological polar surface area (TPSA) is 102 Å². The number of carbonyl (C=O) groups excluding carboxylic acids is 1. The van der Waals surface area contributed by atoms with Gasteiger partial charge in [-0.05, 0) is 25.0 Å². The zero-order valence-corrected chi connectivity index (χ0v) is 15.5. The van der Waals surface area contributed by atoms with E-state index in [4.69, 9.17) is 4.42 Å². The normalized spacial score (nSPS) is 16.0. The van der Waals surface area contributed by atoms with Crippen LogP contribution in [-0.4, -0.2) is 49.0 Å². The van der Waals surface area contributed by atoms with Crippen LogP contribution in [0.2, 0.25) is 0 Å². The summed E-state index contributed by atoms with van der Waals surface area (Å²) >= 11 is 0. The fourth-order valence-corrected chi connectivity index (χ4v) is 4.53. The lowest BCUT2D eigenvalue weighted by Crippen LogP contribution is -2.34. The molecular formula is C16H18F3N3O5S. The van der Waals surface area contributed by atoms with E-state index in [1.807, 2.05) is 0 Å². The molecule has 0 spiro atoms. The second kappa shape index (κ2) is 7.59. The number of halogens is 3. The molecule has 0 saturated carbocycles. The minimum Gasteiger partial charge on any atom is -0.408 e. The molecule has 0 bridgehead atoms. The Morgan fingerprint density at radius 3 is 2.54 bits per heavy atom. The van der Waals surface area contributed by atoms with Gasteiger partial charge in [-0.3, -0.25) is 9.36 Å².